The van der Waals surface area contributed by atoms with Gasteiger partial charge in [0.15, 0.2) is 5.82 Å². The summed E-state index contributed by atoms with van der Waals surface area (Å²) in [7, 11) is 0. The van der Waals surface area contributed by atoms with Crippen LogP contribution in [0.5, 0.6) is 0 Å². The standard InChI is InChI=1S/C26H27F2N7O3/c27-22(28)23-30-19-9-4-5-10-20(19)35(23)26-32-24(31-25(33-26)34-13-15-37-16-14-34)29-12-6-11-21(36)38-17-18-7-2-1-3-8-18/h1-5,7-10,22H,6,11-17H2,(H,29,31,32,33). The van der Waals surface area contributed by atoms with Gasteiger partial charge in [-0.05, 0) is 24.1 Å². The molecule has 5 rings (SSSR count). The number of nitrogens with zero attached hydrogens (tertiary/aromatic N) is 6. The molecule has 1 N–H and O–H groups in total. The van der Waals surface area contributed by atoms with Crippen molar-refractivity contribution in [2.75, 3.05) is 43.1 Å². The monoisotopic (exact) mass is 523 g/mol. The van der Waals surface area contributed by atoms with Crippen LogP contribution in [0.1, 0.15) is 30.7 Å². The molecule has 0 unspecified atom stereocenters. The molecule has 0 amide bonds. The highest BCUT2D eigenvalue weighted by Crippen LogP contribution is 2.27. The number of rotatable bonds is 10. The van der Waals surface area contributed by atoms with E-state index >= 15 is 0 Å². The first-order valence-electron chi connectivity index (χ1n) is 12.4. The topological polar surface area (TPSA) is 107 Å². The Morgan fingerprint density at radius 3 is 2.50 bits per heavy atom. The molecule has 1 aliphatic heterocycles. The van der Waals surface area contributed by atoms with Crippen molar-refractivity contribution in [3.63, 3.8) is 0 Å². The average Bonchev–Trinajstić information content (AvgIpc) is 3.35. The highest BCUT2D eigenvalue weighted by Gasteiger charge is 2.24. The Bertz CT molecular complexity index is 1380. The number of esters is 1. The summed E-state index contributed by atoms with van der Waals surface area (Å²) >= 11 is 0. The van der Waals surface area contributed by atoms with Crippen molar-refractivity contribution in [2.24, 2.45) is 0 Å². The Morgan fingerprint density at radius 1 is 0.974 bits per heavy atom. The molecule has 0 spiro atoms. The second kappa shape index (κ2) is 11.9. The summed E-state index contributed by atoms with van der Waals surface area (Å²) < 4.78 is 39.9. The van der Waals surface area contributed by atoms with Gasteiger partial charge < -0.3 is 19.7 Å². The minimum atomic E-state index is -2.83. The summed E-state index contributed by atoms with van der Waals surface area (Å²) in [6.07, 6.45) is -2.16. The summed E-state index contributed by atoms with van der Waals surface area (Å²) in [6.45, 7) is 2.72. The zero-order valence-electron chi connectivity index (χ0n) is 20.6. The van der Waals surface area contributed by atoms with E-state index in [-0.39, 0.29) is 30.9 Å². The molecule has 0 bridgehead atoms. The van der Waals surface area contributed by atoms with Crippen LogP contribution in [0.3, 0.4) is 0 Å². The van der Waals surface area contributed by atoms with E-state index in [4.69, 9.17) is 9.47 Å². The van der Waals surface area contributed by atoms with E-state index < -0.39 is 12.2 Å². The number of ether oxygens (including phenoxy) is 2. The fourth-order valence-electron chi connectivity index (χ4n) is 4.08. The molecule has 4 aromatic rings. The van der Waals surface area contributed by atoms with Gasteiger partial charge >= 0.3 is 5.97 Å². The number of hydrogen-bond donors (Lipinski definition) is 1. The number of benzene rings is 2. The third kappa shape index (κ3) is 6.02. The molecule has 0 aliphatic carbocycles. The summed E-state index contributed by atoms with van der Waals surface area (Å²) in [4.78, 5) is 31.6. The van der Waals surface area contributed by atoms with Crippen LogP contribution < -0.4 is 10.2 Å². The van der Waals surface area contributed by atoms with Crippen molar-refractivity contribution in [1.82, 2.24) is 24.5 Å². The molecule has 1 saturated heterocycles. The largest absolute Gasteiger partial charge is 0.461 e. The van der Waals surface area contributed by atoms with Crippen molar-refractivity contribution in [2.45, 2.75) is 25.9 Å². The minimum absolute atomic E-state index is 0.0373. The predicted octanol–water partition coefficient (Wildman–Crippen LogP) is 3.92. The number of carbonyl (C=O) groups is 1. The molecule has 1 aliphatic rings. The molecule has 1 fully saturated rings. The van der Waals surface area contributed by atoms with Crippen LogP contribution in [0.4, 0.5) is 20.7 Å². The smallest absolute Gasteiger partial charge is 0.306 e. The van der Waals surface area contributed by atoms with Crippen LogP contribution in [0.2, 0.25) is 0 Å². The van der Waals surface area contributed by atoms with E-state index in [9.17, 15) is 13.6 Å². The van der Waals surface area contributed by atoms with E-state index in [2.05, 4.69) is 25.3 Å². The molecular formula is C26H27F2N7O3. The van der Waals surface area contributed by atoms with Crippen LogP contribution in [0.15, 0.2) is 54.6 Å². The van der Waals surface area contributed by atoms with Gasteiger partial charge in [-0.15, -0.1) is 0 Å². The van der Waals surface area contributed by atoms with E-state index in [1.54, 1.807) is 24.3 Å². The third-order valence-electron chi connectivity index (χ3n) is 5.97. The second-order valence-electron chi connectivity index (χ2n) is 8.63. The van der Waals surface area contributed by atoms with E-state index in [0.717, 1.165) is 5.56 Å². The summed E-state index contributed by atoms with van der Waals surface area (Å²) in [5.74, 6) is -0.159. The Morgan fingerprint density at radius 2 is 1.71 bits per heavy atom. The minimum Gasteiger partial charge on any atom is -0.461 e. The SMILES string of the molecule is O=C(CCCNc1nc(N2CCOCC2)nc(-n2c(C(F)F)nc3ccccc32)n1)OCc1ccccc1. The number of hydrogen-bond acceptors (Lipinski definition) is 9. The molecule has 0 saturated carbocycles. The number of alkyl halides is 2. The van der Waals surface area contributed by atoms with E-state index in [0.29, 0.717) is 56.3 Å². The van der Waals surface area contributed by atoms with E-state index in [1.165, 1.54) is 4.57 Å². The van der Waals surface area contributed by atoms with Crippen molar-refractivity contribution in [1.29, 1.82) is 0 Å². The van der Waals surface area contributed by atoms with Crippen molar-refractivity contribution >= 4 is 28.9 Å². The lowest BCUT2D eigenvalue weighted by molar-refractivity contribution is -0.145. The van der Waals surface area contributed by atoms with Crippen LogP contribution in [-0.4, -0.2) is 63.3 Å². The number of imidazole rings is 1. The molecule has 2 aromatic carbocycles. The maximum absolute atomic E-state index is 14.0. The lowest BCUT2D eigenvalue weighted by atomic mass is 10.2. The number of fused-ring (bicyclic) bond motifs is 1. The van der Waals surface area contributed by atoms with Gasteiger partial charge in [-0.3, -0.25) is 9.36 Å². The number of anilines is 2. The Balaban J connectivity index is 1.33. The first kappa shape index (κ1) is 25.5. The maximum atomic E-state index is 14.0. The lowest BCUT2D eigenvalue weighted by Crippen LogP contribution is -2.37. The average molecular weight is 524 g/mol. The van der Waals surface area contributed by atoms with Gasteiger partial charge in [0.25, 0.3) is 6.43 Å². The molecular weight excluding hydrogens is 496 g/mol. The number of nitrogens with one attached hydrogen (secondary N) is 1. The third-order valence-corrected chi connectivity index (χ3v) is 5.97. The zero-order valence-corrected chi connectivity index (χ0v) is 20.6. The van der Waals surface area contributed by atoms with Crippen molar-refractivity contribution in [3.05, 3.63) is 66.0 Å². The quantitative estimate of drug-likeness (QED) is 0.244. The first-order chi connectivity index (χ1) is 18.6. The molecule has 0 atom stereocenters. The van der Waals surface area contributed by atoms with Gasteiger partial charge in [0.2, 0.25) is 17.8 Å². The predicted molar refractivity (Wildman–Crippen MR) is 136 cm³/mol. The van der Waals surface area contributed by atoms with Crippen LogP contribution >= 0.6 is 0 Å². The molecule has 198 valence electrons. The highest BCUT2D eigenvalue weighted by atomic mass is 19.3. The molecule has 0 radical (unpaired) electrons. The summed E-state index contributed by atoms with van der Waals surface area (Å²) in [5.41, 5.74) is 1.80. The number of aromatic nitrogens is 5. The van der Waals surface area contributed by atoms with Crippen LogP contribution in [0, 0.1) is 0 Å². The number of morpholine rings is 1. The van der Waals surface area contributed by atoms with E-state index in [1.807, 2.05) is 35.2 Å². The lowest BCUT2D eigenvalue weighted by Gasteiger charge is -2.27. The second-order valence-corrected chi connectivity index (χ2v) is 8.63. The molecule has 3 heterocycles. The van der Waals surface area contributed by atoms with Crippen LogP contribution in [-0.2, 0) is 20.9 Å². The first-order valence-corrected chi connectivity index (χ1v) is 12.4. The fourth-order valence-corrected chi connectivity index (χ4v) is 4.08. The fraction of sp³-hybridized carbons (Fsp3) is 0.346. The van der Waals surface area contributed by atoms with Crippen molar-refractivity contribution < 1.29 is 23.0 Å². The van der Waals surface area contributed by atoms with Crippen molar-refractivity contribution in [3.8, 4) is 5.95 Å². The van der Waals surface area contributed by atoms with Crippen LogP contribution in [0.25, 0.3) is 17.0 Å². The van der Waals surface area contributed by atoms with Gasteiger partial charge in [-0.2, -0.15) is 15.0 Å². The Hall–Kier alpha value is -4.19. The Kier molecular flexibility index (Phi) is 7.98. The normalized spacial score (nSPS) is 13.7. The summed E-state index contributed by atoms with van der Waals surface area (Å²) in [6, 6.07) is 16.3. The molecule has 10 nitrogen and oxygen atoms in total. The molecule has 38 heavy (non-hydrogen) atoms. The van der Waals surface area contributed by atoms with Gasteiger partial charge in [-0.1, -0.05) is 42.5 Å². The zero-order chi connectivity index (χ0) is 26.3. The number of halogens is 2. The number of carbonyl (C=O) groups excluding carboxylic acids is 1. The number of para-hydroxylation sites is 2. The highest BCUT2D eigenvalue weighted by molar-refractivity contribution is 5.77. The maximum Gasteiger partial charge on any atom is 0.306 e. The van der Waals surface area contributed by atoms with Gasteiger partial charge in [0, 0.05) is 26.1 Å². The van der Waals surface area contributed by atoms with Gasteiger partial charge in [0.1, 0.15) is 6.61 Å². The summed E-state index contributed by atoms with van der Waals surface area (Å²) in [5, 5.41) is 3.10. The molecule has 2 aromatic heterocycles. The Labute approximate surface area is 217 Å². The molecule has 12 heteroatoms. The van der Waals surface area contributed by atoms with Gasteiger partial charge in [0.05, 0.1) is 24.2 Å². The van der Waals surface area contributed by atoms with Gasteiger partial charge in [-0.25, -0.2) is 13.8 Å².